The van der Waals surface area contributed by atoms with Gasteiger partial charge in [0.25, 0.3) is 5.91 Å². The molecule has 2 aromatic carbocycles. The number of carbonyl (C=O) groups excluding carboxylic acids is 2. The van der Waals surface area contributed by atoms with Crippen LogP contribution in [0.1, 0.15) is 31.4 Å². The molecule has 0 unspecified atom stereocenters. The number of nitrogens with one attached hydrogen (secondary N) is 1. The van der Waals surface area contributed by atoms with Crippen LogP contribution in [0.3, 0.4) is 0 Å². The highest BCUT2D eigenvalue weighted by molar-refractivity contribution is 6.31. The average Bonchev–Trinajstić information content (AvgIpc) is 2.55. The highest BCUT2D eigenvalue weighted by Gasteiger charge is 2.40. The molecule has 2 amide bonds. The third kappa shape index (κ3) is 4.25. The van der Waals surface area contributed by atoms with Crippen LogP contribution in [-0.2, 0) is 9.59 Å². The quantitative estimate of drug-likeness (QED) is 0.842. The molecular weight excluding hydrogens is 364 g/mol. The zero-order chi connectivity index (χ0) is 19.8. The van der Waals surface area contributed by atoms with Gasteiger partial charge in [0.15, 0.2) is 5.60 Å². The minimum absolute atomic E-state index is 0.152. The minimum Gasteiger partial charge on any atom is -0.476 e. The summed E-state index contributed by atoms with van der Waals surface area (Å²) < 4.78 is 5.80. The number of aryl methyl sites for hydroxylation is 2. The van der Waals surface area contributed by atoms with E-state index < -0.39 is 5.60 Å². The number of ether oxygens (including phenoxy) is 1. The second kappa shape index (κ2) is 7.24. The molecule has 0 aliphatic carbocycles. The largest absolute Gasteiger partial charge is 0.476 e. The first-order chi connectivity index (χ1) is 12.7. The molecule has 0 radical (unpaired) electrons. The van der Waals surface area contributed by atoms with Crippen molar-refractivity contribution in [3.8, 4) is 5.75 Å². The van der Waals surface area contributed by atoms with E-state index in [0.717, 1.165) is 16.8 Å². The van der Waals surface area contributed by atoms with Crippen LogP contribution in [0, 0.1) is 13.8 Å². The van der Waals surface area contributed by atoms with E-state index in [2.05, 4.69) is 5.32 Å². The predicted molar refractivity (Wildman–Crippen MR) is 108 cm³/mol. The molecule has 0 fully saturated rings. The first-order valence-corrected chi connectivity index (χ1v) is 9.22. The third-order valence-electron chi connectivity index (χ3n) is 4.41. The number of halogens is 1. The summed E-state index contributed by atoms with van der Waals surface area (Å²) in [5, 5.41) is 3.41. The van der Waals surface area contributed by atoms with Crippen LogP contribution in [0.25, 0.3) is 0 Å². The lowest BCUT2D eigenvalue weighted by Gasteiger charge is -2.38. The van der Waals surface area contributed by atoms with Crippen molar-refractivity contribution in [2.24, 2.45) is 0 Å². The molecule has 1 N–H and O–H groups in total. The molecule has 0 atom stereocenters. The highest BCUT2D eigenvalue weighted by Crippen LogP contribution is 2.39. The van der Waals surface area contributed by atoms with Gasteiger partial charge in [-0.1, -0.05) is 17.7 Å². The van der Waals surface area contributed by atoms with Crippen LogP contribution in [0.2, 0.25) is 5.02 Å². The SMILES string of the molecule is Cc1cc(C)cc(NC(=O)CCN2C(=O)C(C)(C)Oc3ccc(Cl)cc32)c1. The molecule has 1 aliphatic heterocycles. The smallest absolute Gasteiger partial charge is 0.270 e. The van der Waals surface area contributed by atoms with Crippen LogP contribution < -0.4 is 15.0 Å². The fraction of sp³-hybridized carbons (Fsp3) is 0.333. The van der Waals surface area contributed by atoms with Gasteiger partial charge in [-0.25, -0.2) is 0 Å². The molecule has 2 aromatic rings. The summed E-state index contributed by atoms with van der Waals surface area (Å²) in [6, 6.07) is 11.0. The molecule has 1 aliphatic rings. The van der Waals surface area contributed by atoms with Crippen molar-refractivity contribution in [3.05, 3.63) is 52.5 Å². The fourth-order valence-electron chi connectivity index (χ4n) is 3.25. The van der Waals surface area contributed by atoms with Gasteiger partial charge in [-0.3, -0.25) is 9.59 Å². The number of carbonyl (C=O) groups is 2. The maximum Gasteiger partial charge on any atom is 0.270 e. The summed E-state index contributed by atoms with van der Waals surface area (Å²) in [6.45, 7) is 7.65. The van der Waals surface area contributed by atoms with E-state index in [0.29, 0.717) is 16.5 Å². The molecule has 0 saturated carbocycles. The molecule has 1 heterocycles. The van der Waals surface area contributed by atoms with Crippen molar-refractivity contribution < 1.29 is 14.3 Å². The second-order valence-electron chi connectivity index (χ2n) is 7.36. The molecule has 0 aromatic heterocycles. The molecule has 27 heavy (non-hydrogen) atoms. The Morgan fingerprint density at radius 1 is 1.15 bits per heavy atom. The van der Waals surface area contributed by atoms with Crippen molar-refractivity contribution in [1.29, 1.82) is 0 Å². The molecule has 6 heteroatoms. The Morgan fingerprint density at radius 2 is 1.81 bits per heavy atom. The lowest BCUT2D eigenvalue weighted by atomic mass is 10.0. The number of anilines is 2. The van der Waals surface area contributed by atoms with E-state index in [1.807, 2.05) is 32.0 Å². The first kappa shape index (κ1) is 19.2. The Labute approximate surface area is 164 Å². The number of amides is 2. The Hall–Kier alpha value is -2.53. The number of hydrogen-bond donors (Lipinski definition) is 1. The lowest BCUT2D eigenvalue weighted by Crippen LogP contribution is -2.53. The topological polar surface area (TPSA) is 58.6 Å². The average molecular weight is 387 g/mol. The number of rotatable bonds is 4. The van der Waals surface area contributed by atoms with Crippen molar-refractivity contribution >= 4 is 34.8 Å². The van der Waals surface area contributed by atoms with Gasteiger partial charge in [0, 0.05) is 23.7 Å². The summed E-state index contributed by atoms with van der Waals surface area (Å²) in [7, 11) is 0. The van der Waals surface area contributed by atoms with Gasteiger partial charge >= 0.3 is 0 Å². The Morgan fingerprint density at radius 3 is 2.48 bits per heavy atom. The van der Waals surface area contributed by atoms with E-state index in [-0.39, 0.29) is 24.8 Å². The van der Waals surface area contributed by atoms with E-state index >= 15 is 0 Å². The standard InChI is InChI=1S/C21H23ClN2O3/c1-13-9-14(2)11-16(10-13)23-19(25)7-8-24-17-12-15(22)5-6-18(17)27-21(3,4)20(24)26/h5-6,9-12H,7-8H2,1-4H3,(H,23,25). The summed E-state index contributed by atoms with van der Waals surface area (Å²) in [4.78, 5) is 26.8. The summed E-state index contributed by atoms with van der Waals surface area (Å²) in [6.07, 6.45) is 0.167. The monoisotopic (exact) mass is 386 g/mol. The van der Waals surface area contributed by atoms with Gasteiger partial charge in [-0.15, -0.1) is 0 Å². The van der Waals surface area contributed by atoms with Crippen molar-refractivity contribution in [1.82, 2.24) is 0 Å². The molecule has 3 rings (SSSR count). The first-order valence-electron chi connectivity index (χ1n) is 8.84. The predicted octanol–water partition coefficient (Wildman–Crippen LogP) is 4.49. The Bertz CT molecular complexity index is 888. The normalized spacial score (nSPS) is 15.1. The summed E-state index contributed by atoms with van der Waals surface area (Å²) in [5.41, 5.74) is 2.52. The lowest BCUT2D eigenvalue weighted by molar-refractivity contribution is -0.132. The van der Waals surface area contributed by atoms with Gasteiger partial charge in [-0.05, 0) is 69.2 Å². The Kier molecular flexibility index (Phi) is 5.16. The summed E-state index contributed by atoms with van der Waals surface area (Å²) >= 11 is 6.09. The van der Waals surface area contributed by atoms with Crippen molar-refractivity contribution in [3.63, 3.8) is 0 Å². The third-order valence-corrected chi connectivity index (χ3v) is 4.64. The number of benzene rings is 2. The highest BCUT2D eigenvalue weighted by atomic mass is 35.5. The number of nitrogens with zero attached hydrogens (tertiary/aromatic N) is 1. The fourth-order valence-corrected chi connectivity index (χ4v) is 3.41. The molecule has 0 saturated heterocycles. The van der Waals surface area contributed by atoms with Crippen LogP contribution in [0.4, 0.5) is 11.4 Å². The van der Waals surface area contributed by atoms with Gasteiger partial charge < -0.3 is 15.0 Å². The van der Waals surface area contributed by atoms with Gasteiger partial charge in [-0.2, -0.15) is 0 Å². The van der Waals surface area contributed by atoms with Crippen molar-refractivity contribution in [2.45, 2.75) is 39.7 Å². The molecule has 142 valence electrons. The molecule has 5 nitrogen and oxygen atoms in total. The van der Waals surface area contributed by atoms with Crippen LogP contribution in [0.15, 0.2) is 36.4 Å². The minimum atomic E-state index is -0.995. The summed E-state index contributed by atoms with van der Waals surface area (Å²) in [5.74, 6) is 0.232. The van der Waals surface area contributed by atoms with Gasteiger partial charge in [0.2, 0.25) is 5.91 Å². The maximum absolute atomic E-state index is 12.8. The van der Waals surface area contributed by atoms with E-state index in [1.54, 1.807) is 36.9 Å². The zero-order valence-corrected chi connectivity index (χ0v) is 16.7. The van der Waals surface area contributed by atoms with Crippen molar-refractivity contribution in [2.75, 3.05) is 16.8 Å². The number of hydrogen-bond acceptors (Lipinski definition) is 3. The van der Waals surface area contributed by atoms with Gasteiger partial charge in [0.05, 0.1) is 5.69 Å². The maximum atomic E-state index is 12.8. The van der Waals surface area contributed by atoms with Gasteiger partial charge in [0.1, 0.15) is 5.75 Å². The second-order valence-corrected chi connectivity index (χ2v) is 7.79. The van der Waals surface area contributed by atoms with E-state index in [9.17, 15) is 9.59 Å². The van der Waals surface area contributed by atoms with Crippen LogP contribution >= 0.6 is 11.6 Å². The molecular formula is C21H23ClN2O3. The zero-order valence-electron chi connectivity index (χ0n) is 15.9. The molecule has 0 spiro atoms. The van der Waals surface area contributed by atoms with E-state index in [1.165, 1.54) is 0 Å². The number of fused-ring (bicyclic) bond motifs is 1. The Balaban J connectivity index is 1.75. The van der Waals surface area contributed by atoms with Crippen LogP contribution in [0.5, 0.6) is 5.75 Å². The van der Waals surface area contributed by atoms with Crippen LogP contribution in [-0.4, -0.2) is 24.0 Å². The van der Waals surface area contributed by atoms with E-state index in [4.69, 9.17) is 16.3 Å². The molecule has 0 bridgehead atoms.